The van der Waals surface area contributed by atoms with Crippen LogP contribution in [-0.4, -0.2) is 35.7 Å². The predicted molar refractivity (Wildman–Crippen MR) is 112 cm³/mol. The van der Waals surface area contributed by atoms with Crippen molar-refractivity contribution in [3.05, 3.63) is 74.0 Å². The monoisotopic (exact) mass is 423 g/mol. The van der Waals surface area contributed by atoms with Crippen LogP contribution in [0.2, 0.25) is 5.02 Å². The van der Waals surface area contributed by atoms with E-state index in [0.29, 0.717) is 39.8 Å². The van der Waals surface area contributed by atoms with Crippen LogP contribution in [0.1, 0.15) is 24.1 Å². The zero-order valence-electron chi connectivity index (χ0n) is 15.8. The lowest BCUT2D eigenvalue weighted by Crippen LogP contribution is -2.20. The first-order valence-electron chi connectivity index (χ1n) is 9.49. The molecule has 1 aliphatic carbocycles. The third-order valence-corrected chi connectivity index (χ3v) is 4.97. The van der Waals surface area contributed by atoms with Gasteiger partial charge in [0.2, 0.25) is 5.88 Å². The van der Waals surface area contributed by atoms with Crippen molar-refractivity contribution >= 4 is 29.1 Å². The summed E-state index contributed by atoms with van der Waals surface area (Å²) in [6.07, 6.45) is 5.37. The van der Waals surface area contributed by atoms with Gasteiger partial charge in [-0.05, 0) is 36.6 Å². The van der Waals surface area contributed by atoms with Gasteiger partial charge in [0.1, 0.15) is 11.5 Å². The standard InChI is InChI=1S/C20H18ClN7O2/c21-13-3-1-2-11(6-13)9-22-16-8-17(24-14-4-5-14)28-18(26-16)12(10-23-28)7-15-19(29)27-20(30)25-15/h1-3,6-8,10,14,22,29H,4-5,9H2,(H2,25,27,30)/b12-7+,24-17?. The van der Waals surface area contributed by atoms with Crippen LogP contribution in [-0.2, 0) is 6.54 Å². The molecule has 1 fully saturated rings. The molecule has 9 nitrogen and oxygen atoms in total. The van der Waals surface area contributed by atoms with Crippen molar-refractivity contribution in [2.45, 2.75) is 25.4 Å². The quantitative estimate of drug-likeness (QED) is 0.385. The SMILES string of the molecule is O=c1[nH]c(O)c(/C=c2\cnn3c(=NC4CC4)cc(NCc4cccc(Cl)c4)nc23)[nH]1. The molecule has 0 saturated heterocycles. The Morgan fingerprint density at radius 1 is 1.33 bits per heavy atom. The van der Waals surface area contributed by atoms with Crippen molar-refractivity contribution in [1.29, 1.82) is 0 Å². The van der Waals surface area contributed by atoms with E-state index in [1.54, 1.807) is 16.8 Å². The summed E-state index contributed by atoms with van der Waals surface area (Å²) in [6, 6.07) is 9.77. The highest BCUT2D eigenvalue weighted by atomic mass is 35.5. The number of imidazole rings is 1. The van der Waals surface area contributed by atoms with Crippen LogP contribution in [0.15, 0.2) is 46.3 Å². The molecular weight excluding hydrogens is 406 g/mol. The summed E-state index contributed by atoms with van der Waals surface area (Å²) in [5.41, 5.74) is 2.06. The van der Waals surface area contributed by atoms with Gasteiger partial charge in [-0.25, -0.2) is 9.78 Å². The Labute approximate surface area is 174 Å². The van der Waals surface area contributed by atoms with Gasteiger partial charge in [0, 0.05) is 22.9 Å². The van der Waals surface area contributed by atoms with Crippen LogP contribution in [0.25, 0.3) is 11.7 Å². The molecule has 4 N–H and O–H groups in total. The molecule has 0 bridgehead atoms. The number of anilines is 1. The van der Waals surface area contributed by atoms with Crippen molar-refractivity contribution < 1.29 is 5.11 Å². The van der Waals surface area contributed by atoms with E-state index in [2.05, 4.69) is 25.4 Å². The Bertz CT molecular complexity index is 1420. The Kier molecular flexibility index (Phi) is 4.51. The third-order valence-electron chi connectivity index (χ3n) is 4.74. The van der Waals surface area contributed by atoms with Crippen LogP contribution in [0, 0.1) is 0 Å². The predicted octanol–water partition coefficient (Wildman–Crippen LogP) is 1.33. The van der Waals surface area contributed by atoms with Gasteiger partial charge in [-0.15, -0.1) is 0 Å². The summed E-state index contributed by atoms with van der Waals surface area (Å²) < 4.78 is 1.66. The van der Waals surface area contributed by atoms with Crippen molar-refractivity contribution in [1.82, 2.24) is 24.6 Å². The molecule has 5 rings (SSSR count). The Morgan fingerprint density at radius 2 is 2.20 bits per heavy atom. The number of aromatic amines is 2. The maximum absolute atomic E-state index is 11.4. The van der Waals surface area contributed by atoms with Crippen LogP contribution < -0.4 is 21.7 Å². The number of nitrogens with one attached hydrogen (secondary N) is 3. The number of H-pyrrole nitrogens is 2. The van der Waals surface area contributed by atoms with Crippen LogP contribution in [0.3, 0.4) is 0 Å². The fraction of sp³-hybridized carbons (Fsp3) is 0.200. The number of benzene rings is 1. The van der Waals surface area contributed by atoms with Gasteiger partial charge < -0.3 is 15.4 Å². The zero-order chi connectivity index (χ0) is 20.7. The molecule has 30 heavy (non-hydrogen) atoms. The molecule has 3 heterocycles. The number of rotatable bonds is 5. The van der Waals surface area contributed by atoms with Crippen molar-refractivity contribution in [3.8, 4) is 5.88 Å². The van der Waals surface area contributed by atoms with E-state index < -0.39 is 5.69 Å². The average Bonchev–Trinajstić information content (AvgIpc) is 3.35. The van der Waals surface area contributed by atoms with Crippen molar-refractivity contribution in [2.75, 3.05) is 5.32 Å². The molecule has 0 spiro atoms. The molecule has 0 amide bonds. The fourth-order valence-electron chi connectivity index (χ4n) is 3.13. The van der Waals surface area contributed by atoms with E-state index in [4.69, 9.17) is 16.6 Å². The van der Waals surface area contributed by atoms with Crippen LogP contribution in [0.4, 0.5) is 5.82 Å². The van der Waals surface area contributed by atoms with Crippen molar-refractivity contribution in [3.63, 3.8) is 0 Å². The third kappa shape index (κ3) is 3.79. The van der Waals surface area contributed by atoms with Crippen LogP contribution >= 0.6 is 11.6 Å². The smallest absolute Gasteiger partial charge is 0.326 e. The number of hydrogen-bond donors (Lipinski definition) is 4. The Balaban J connectivity index is 1.59. The number of aromatic hydroxyl groups is 1. The second kappa shape index (κ2) is 7.34. The van der Waals surface area contributed by atoms with Gasteiger partial charge in [0.05, 0.1) is 12.2 Å². The normalized spacial score (nSPS) is 15.2. The number of halogens is 1. The topological polar surface area (TPSA) is 123 Å². The molecule has 0 atom stereocenters. The maximum Gasteiger partial charge on any atom is 0.326 e. The summed E-state index contributed by atoms with van der Waals surface area (Å²) in [6.45, 7) is 0.547. The summed E-state index contributed by atoms with van der Waals surface area (Å²) >= 11 is 6.07. The lowest BCUT2D eigenvalue weighted by atomic mass is 10.2. The molecule has 1 aromatic carbocycles. The minimum Gasteiger partial charge on any atom is -0.493 e. The van der Waals surface area contributed by atoms with E-state index in [0.717, 1.165) is 18.4 Å². The molecule has 0 unspecified atom stereocenters. The molecule has 0 radical (unpaired) electrons. The lowest BCUT2D eigenvalue weighted by Gasteiger charge is -2.07. The van der Waals surface area contributed by atoms with Gasteiger partial charge in [0.25, 0.3) is 0 Å². The maximum atomic E-state index is 11.4. The first kappa shape index (κ1) is 18.4. The summed E-state index contributed by atoms with van der Waals surface area (Å²) in [5, 5.41) is 18.9. The van der Waals surface area contributed by atoms with Crippen molar-refractivity contribution in [2.24, 2.45) is 4.99 Å². The summed E-state index contributed by atoms with van der Waals surface area (Å²) in [7, 11) is 0. The Morgan fingerprint density at radius 3 is 2.93 bits per heavy atom. The van der Waals surface area contributed by atoms with E-state index in [1.165, 1.54) is 0 Å². The first-order chi connectivity index (χ1) is 14.5. The second-order valence-corrected chi connectivity index (χ2v) is 7.60. The Hall–Kier alpha value is -3.59. The largest absolute Gasteiger partial charge is 0.493 e. The minimum atomic E-state index is -0.489. The molecule has 1 saturated carbocycles. The number of fused-ring (bicyclic) bond motifs is 1. The molecule has 3 aromatic heterocycles. The van der Waals surface area contributed by atoms with Crippen LogP contribution in [0.5, 0.6) is 5.88 Å². The fourth-order valence-corrected chi connectivity index (χ4v) is 3.34. The van der Waals surface area contributed by atoms with E-state index in [-0.39, 0.29) is 11.6 Å². The second-order valence-electron chi connectivity index (χ2n) is 7.16. The first-order valence-corrected chi connectivity index (χ1v) is 9.87. The molecule has 4 aromatic rings. The highest BCUT2D eigenvalue weighted by Crippen LogP contribution is 2.22. The van der Waals surface area contributed by atoms with E-state index in [9.17, 15) is 9.90 Å². The van der Waals surface area contributed by atoms with Gasteiger partial charge >= 0.3 is 5.69 Å². The average molecular weight is 424 g/mol. The summed E-state index contributed by atoms with van der Waals surface area (Å²) in [5.74, 6) is 0.404. The number of hydrogen-bond acceptors (Lipinski definition) is 6. The molecule has 152 valence electrons. The highest BCUT2D eigenvalue weighted by molar-refractivity contribution is 6.30. The number of aromatic nitrogens is 5. The highest BCUT2D eigenvalue weighted by Gasteiger charge is 2.20. The van der Waals surface area contributed by atoms with Gasteiger partial charge in [-0.3, -0.25) is 9.98 Å². The molecule has 10 heteroatoms. The number of nitrogens with zero attached hydrogens (tertiary/aromatic N) is 4. The van der Waals surface area contributed by atoms with Gasteiger partial charge in [0.15, 0.2) is 11.1 Å². The van der Waals surface area contributed by atoms with E-state index >= 15 is 0 Å². The lowest BCUT2D eigenvalue weighted by molar-refractivity contribution is 0.454. The van der Waals surface area contributed by atoms with Gasteiger partial charge in [-0.1, -0.05) is 23.7 Å². The van der Waals surface area contributed by atoms with Gasteiger partial charge in [-0.2, -0.15) is 9.61 Å². The zero-order valence-corrected chi connectivity index (χ0v) is 16.5. The molecular formula is C20H18ClN7O2. The minimum absolute atomic E-state index is 0.238. The molecule has 0 aliphatic heterocycles. The summed E-state index contributed by atoms with van der Waals surface area (Å²) in [4.78, 5) is 25.7. The molecule has 1 aliphatic rings. The van der Waals surface area contributed by atoms with E-state index in [1.807, 2.05) is 30.3 Å².